The van der Waals surface area contributed by atoms with Gasteiger partial charge in [0.25, 0.3) is 5.91 Å². The number of carbonyl (C=O) groups is 2. The van der Waals surface area contributed by atoms with Crippen molar-refractivity contribution >= 4 is 34.8 Å². The van der Waals surface area contributed by atoms with E-state index in [-0.39, 0.29) is 24.0 Å². The average molecular weight is 476 g/mol. The number of amides is 2. The Hall–Kier alpha value is -2.93. The van der Waals surface area contributed by atoms with Gasteiger partial charge in [0.15, 0.2) is 18.1 Å². The number of methoxy groups -OCH3 is 1. The summed E-state index contributed by atoms with van der Waals surface area (Å²) >= 11 is 6.46. The first kappa shape index (κ1) is 26.3. The Morgan fingerprint density at radius 2 is 1.73 bits per heavy atom. The van der Waals surface area contributed by atoms with Crippen molar-refractivity contribution in [2.45, 2.75) is 53.1 Å². The van der Waals surface area contributed by atoms with Crippen molar-refractivity contribution in [3.05, 3.63) is 47.0 Å². The minimum Gasteiger partial charge on any atom is -0.493 e. The molecule has 2 aromatic carbocycles. The van der Waals surface area contributed by atoms with E-state index < -0.39 is 0 Å². The van der Waals surface area contributed by atoms with Crippen molar-refractivity contribution in [2.75, 3.05) is 24.4 Å². The fraction of sp³-hybridized carbons (Fsp3) is 0.440. The van der Waals surface area contributed by atoms with Crippen LogP contribution in [0, 0.1) is 5.92 Å². The molecule has 0 bridgehead atoms. The molecule has 0 heterocycles. The Balaban J connectivity index is 2.03. The highest BCUT2D eigenvalue weighted by atomic mass is 35.5. The Bertz CT molecular complexity index is 971. The fourth-order valence-corrected chi connectivity index (χ4v) is 3.29. The topological polar surface area (TPSA) is 88.7 Å². The van der Waals surface area contributed by atoms with Crippen LogP contribution in [0.15, 0.2) is 36.4 Å². The minimum absolute atomic E-state index is 0.0123. The number of ether oxygens (including phenoxy) is 2. The van der Waals surface area contributed by atoms with Gasteiger partial charge in [0.1, 0.15) is 0 Å². The van der Waals surface area contributed by atoms with E-state index in [1.165, 1.54) is 7.11 Å². The van der Waals surface area contributed by atoms with Crippen LogP contribution in [-0.4, -0.2) is 31.1 Å². The molecule has 33 heavy (non-hydrogen) atoms. The van der Waals surface area contributed by atoms with Gasteiger partial charge in [0.2, 0.25) is 5.91 Å². The van der Waals surface area contributed by atoms with Crippen molar-refractivity contribution < 1.29 is 19.1 Å². The van der Waals surface area contributed by atoms with E-state index in [9.17, 15) is 9.59 Å². The molecule has 0 aliphatic carbocycles. The summed E-state index contributed by atoms with van der Waals surface area (Å²) in [4.78, 5) is 24.1. The molecule has 2 rings (SSSR count). The lowest BCUT2D eigenvalue weighted by Crippen LogP contribution is -2.43. The number of hydrogen-bond donors (Lipinski definition) is 3. The molecule has 7 nitrogen and oxygen atoms in total. The van der Waals surface area contributed by atoms with Crippen molar-refractivity contribution in [1.82, 2.24) is 5.32 Å². The van der Waals surface area contributed by atoms with Gasteiger partial charge >= 0.3 is 0 Å². The van der Waals surface area contributed by atoms with E-state index in [4.69, 9.17) is 21.1 Å². The zero-order valence-electron chi connectivity index (χ0n) is 20.2. The highest BCUT2D eigenvalue weighted by Gasteiger charge is 2.16. The zero-order valence-corrected chi connectivity index (χ0v) is 20.9. The van der Waals surface area contributed by atoms with Crippen LogP contribution in [0.25, 0.3) is 0 Å². The monoisotopic (exact) mass is 475 g/mol. The molecule has 0 unspecified atom stereocenters. The van der Waals surface area contributed by atoms with Crippen molar-refractivity contribution in [1.29, 1.82) is 0 Å². The molecular weight excluding hydrogens is 442 g/mol. The summed E-state index contributed by atoms with van der Waals surface area (Å²) in [6.07, 6.45) is 0.472. The molecule has 0 saturated carbocycles. The second kappa shape index (κ2) is 11.8. The molecule has 2 amide bonds. The number of nitrogens with one attached hydrogen (secondary N) is 3. The second-order valence-corrected chi connectivity index (χ2v) is 9.67. The number of hydrogen-bond acceptors (Lipinski definition) is 5. The third kappa shape index (κ3) is 9.22. The summed E-state index contributed by atoms with van der Waals surface area (Å²) in [6, 6.07) is 10.9. The molecule has 8 heteroatoms. The van der Waals surface area contributed by atoms with Crippen LogP contribution < -0.4 is 25.4 Å². The van der Waals surface area contributed by atoms with Gasteiger partial charge in [-0.25, -0.2) is 0 Å². The van der Waals surface area contributed by atoms with Crippen molar-refractivity contribution in [3.8, 4) is 11.5 Å². The first-order valence-corrected chi connectivity index (χ1v) is 11.3. The van der Waals surface area contributed by atoms with Crippen molar-refractivity contribution in [3.63, 3.8) is 0 Å². The Kier molecular flexibility index (Phi) is 9.41. The van der Waals surface area contributed by atoms with Crippen molar-refractivity contribution in [2.24, 2.45) is 5.92 Å². The fourth-order valence-electron chi connectivity index (χ4n) is 3.07. The maximum Gasteiger partial charge on any atom is 0.258 e. The van der Waals surface area contributed by atoms with Gasteiger partial charge in [-0.3, -0.25) is 9.59 Å². The smallest absolute Gasteiger partial charge is 0.258 e. The van der Waals surface area contributed by atoms with Crippen LogP contribution in [0.2, 0.25) is 5.02 Å². The van der Waals surface area contributed by atoms with E-state index in [1.54, 1.807) is 12.1 Å². The van der Waals surface area contributed by atoms with Gasteiger partial charge in [0, 0.05) is 41.0 Å². The minimum atomic E-state index is -0.341. The molecule has 2 aromatic rings. The molecule has 0 aromatic heterocycles. The lowest BCUT2D eigenvalue weighted by atomic mass is 10.1. The van der Waals surface area contributed by atoms with Gasteiger partial charge in [-0.1, -0.05) is 31.5 Å². The molecule has 0 radical (unpaired) electrons. The van der Waals surface area contributed by atoms with E-state index in [0.29, 0.717) is 35.4 Å². The molecular formula is C25H34ClN3O4. The highest BCUT2D eigenvalue weighted by molar-refractivity contribution is 6.31. The molecule has 180 valence electrons. The van der Waals surface area contributed by atoms with E-state index in [1.807, 2.05) is 58.9 Å². The maximum atomic E-state index is 12.0. The second-order valence-electron chi connectivity index (χ2n) is 9.26. The summed E-state index contributed by atoms with van der Waals surface area (Å²) < 4.78 is 11.1. The largest absolute Gasteiger partial charge is 0.493 e. The standard InChI is InChI=1S/C25H34ClN3O4/c1-16(2)10-23(30)28-19-9-7-8-18(12-19)27-14-17-11-21(32-6)22(13-20(17)26)33-15-24(31)29-25(3,4)5/h7-9,11-13,16,27H,10,14-15H2,1-6H3,(H,28,30)(H,29,31). The number of benzene rings is 2. The molecule has 0 spiro atoms. The Morgan fingerprint density at radius 3 is 2.36 bits per heavy atom. The number of carbonyl (C=O) groups excluding carboxylic acids is 2. The predicted molar refractivity (Wildman–Crippen MR) is 133 cm³/mol. The summed E-state index contributed by atoms with van der Waals surface area (Å²) in [7, 11) is 1.53. The van der Waals surface area contributed by atoms with Crippen LogP contribution >= 0.6 is 11.6 Å². The third-order valence-electron chi connectivity index (χ3n) is 4.43. The molecule has 0 aliphatic rings. The van der Waals surface area contributed by atoms with Gasteiger partial charge in [-0.15, -0.1) is 0 Å². The van der Waals surface area contributed by atoms with Gasteiger partial charge in [-0.05, 0) is 56.5 Å². The maximum absolute atomic E-state index is 12.0. The van der Waals surface area contributed by atoms with Crippen LogP contribution in [0.5, 0.6) is 11.5 Å². The summed E-state index contributed by atoms with van der Waals surface area (Å²) in [5, 5.41) is 9.54. The quantitative estimate of drug-likeness (QED) is 0.437. The molecule has 3 N–H and O–H groups in total. The summed E-state index contributed by atoms with van der Waals surface area (Å²) in [5.41, 5.74) is 2.03. The molecule has 0 aliphatic heterocycles. The Labute approximate surface area is 201 Å². The van der Waals surface area contributed by atoms with E-state index in [2.05, 4.69) is 16.0 Å². The predicted octanol–water partition coefficient (Wildman–Crippen LogP) is 5.24. The molecule has 0 atom stereocenters. The third-order valence-corrected chi connectivity index (χ3v) is 4.78. The highest BCUT2D eigenvalue weighted by Crippen LogP contribution is 2.34. The first-order chi connectivity index (χ1) is 15.5. The SMILES string of the molecule is COc1cc(CNc2cccc(NC(=O)CC(C)C)c2)c(Cl)cc1OCC(=O)NC(C)(C)C. The number of anilines is 2. The zero-order chi connectivity index (χ0) is 24.6. The van der Waals surface area contributed by atoms with E-state index >= 15 is 0 Å². The Morgan fingerprint density at radius 1 is 1.03 bits per heavy atom. The van der Waals surface area contributed by atoms with Gasteiger partial charge in [0.05, 0.1) is 7.11 Å². The molecule has 0 saturated heterocycles. The van der Waals surface area contributed by atoms with Gasteiger partial charge < -0.3 is 25.4 Å². The lowest BCUT2D eigenvalue weighted by molar-refractivity contribution is -0.124. The average Bonchev–Trinajstić information content (AvgIpc) is 2.69. The van der Waals surface area contributed by atoms with E-state index in [0.717, 1.165) is 16.9 Å². The van der Waals surface area contributed by atoms with Crippen LogP contribution in [0.4, 0.5) is 11.4 Å². The lowest BCUT2D eigenvalue weighted by Gasteiger charge is -2.21. The summed E-state index contributed by atoms with van der Waals surface area (Å²) in [6.45, 7) is 10.0. The number of rotatable bonds is 10. The summed E-state index contributed by atoms with van der Waals surface area (Å²) in [5.74, 6) is 0.927. The normalized spacial score (nSPS) is 11.2. The van der Waals surface area contributed by atoms with Gasteiger partial charge in [-0.2, -0.15) is 0 Å². The van der Waals surface area contributed by atoms with Crippen LogP contribution in [-0.2, 0) is 16.1 Å². The van der Waals surface area contributed by atoms with Crippen LogP contribution in [0.1, 0.15) is 46.6 Å². The van der Waals surface area contributed by atoms with Crippen LogP contribution in [0.3, 0.4) is 0 Å². The number of halogens is 1. The first-order valence-electron chi connectivity index (χ1n) is 10.9. The molecule has 0 fully saturated rings.